The summed E-state index contributed by atoms with van der Waals surface area (Å²) in [6, 6.07) is 10.1. The molecule has 0 aliphatic rings. The number of nitrogens with zero attached hydrogens (tertiary/aromatic N) is 3. The number of ether oxygens (including phenoxy) is 1. The third kappa shape index (κ3) is 4.25. The van der Waals surface area contributed by atoms with Crippen molar-refractivity contribution >= 4 is 31.8 Å². The Morgan fingerprint density at radius 1 is 1.11 bits per heavy atom. The Labute approximate surface area is 207 Å². The number of sulfone groups is 1. The van der Waals surface area contributed by atoms with Crippen molar-refractivity contribution in [2.45, 2.75) is 25.3 Å². The number of methoxy groups -OCH3 is 1. The molecule has 0 saturated heterocycles. The summed E-state index contributed by atoms with van der Waals surface area (Å²) >= 11 is 0. The first kappa shape index (κ1) is 24.8. The number of aromatic nitrogens is 3. The van der Waals surface area contributed by atoms with Gasteiger partial charge in [-0.05, 0) is 43.7 Å². The first-order valence-electron chi connectivity index (χ1n) is 10.7. The van der Waals surface area contributed by atoms with E-state index < -0.39 is 15.6 Å². The molecule has 0 aliphatic heterocycles. The van der Waals surface area contributed by atoms with E-state index in [9.17, 15) is 13.2 Å². The van der Waals surface area contributed by atoms with Crippen molar-refractivity contribution in [3.05, 3.63) is 70.2 Å². The van der Waals surface area contributed by atoms with Gasteiger partial charge < -0.3 is 13.7 Å². The lowest BCUT2D eigenvalue weighted by Gasteiger charge is -2.11. The van der Waals surface area contributed by atoms with Crippen LogP contribution in [0.15, 0.2) is 61.2 Å². The van der Waals surface area contributed by atoms with E-state index in [0.717, 1.165) is 28.6 Å². The van der Waals surface area contributed by atoms with Gasteiger partial charge >= 0.3 is 5.76 Å². The molecule has 2 aromatic carbocycles. The molecule has 3 heterocycles. The number of hydrogen-bond acceptors (Lipinski definition) is 8. The number of fused-ring (bicyclic) bond motifs is 3. The number of rotatable bonds is 5. The Morgan fingerprint density at radius 2 is 1.81 bits per heavy atom. The maximum Gasteiger partial charge on any atom is 0.420 e. The Kier molecular flexibility index (Phi) is 6.43. The van der Waals surface area contributed by atoms with Gasteiger partial charge in [0.05, 0.1) is 41.5 Å². The van der Waals surface area contributed by atoms with Gasteiger partial charge in [-0.2, -0.15) is 0 Å². The van der Waals surface area contributed by atoms with Crippen LogP contribution in [0, 0.1) is 26.7 Å². The van der Waals surface area contributed by atoms with Crippen LogP contribution < -0.4 is 10.5 Å². The Bertz CT molecular complexity index is 1750. The summed E-state index contributed by atoms with van der Waals surface area (Å²) in [5, 5.41) is 4.72. The quantitative estimate of drug-likeness (QED) is 0.327. The minimum Gasteiger partial charge on any atom is -0.496 e. The molecule has 10 heteroatoms. The van der Waals surface area contributed by atoms with Gasteiger partial charge in [0.2, 0.25) is 0 Å². The van der Waals surface area contributed by atoms with Crippen molar-refractivity contribution in [3.8, 4) is 29.7 Å². The zero-order valence-electron chi connectivity index (χ0n) is 20.1. The number of terminal acetylenes is 1. The summed E-state index contributed by atoms with van der Waals surface area (Å²) in [5.74, 6) is 0.702. The highest BCUT2D eigenvalue weighted by Gasteiger charge is 2.20. The topological polar surface area (TPSA) is 117 Å². The SMILES string of the molecule is C#C.COc1cc2c(cc1-c1c(C)noc1C)ncc1oc(=O)n(Cc3ccc(S(C)(=O)=O)cc3)c12. The Hall–Kier alpha value is -4.36. The minimum absolute atomic E-state index is 0.197. The van der Waals surface area contributed by atoms with E-state index in [1.807, 2.05) is 26.0 Å². The molecule has 36 heavy (non-hydrogen) atoms. The highest BCUT2D eigenvalue weighted by Crippen LogP contribution is 2.38. The fraction of sp³-hybridized carbons (Fsp3) is 0.192. The van der Waals surface area contributed by atoms with Crippen molar-refractivity contribution in [2.24, 2.45) is 0 Å². The van der Waals surface area contributed by atoms with Crippen LogP contribution in [0.3, 0.4) is 0 Å². The van der Waals surface area contributed by atoms with E-state index in [0.29, 0.717) is 33.5 Å². The second-order valence-electron chi connectivity index (χ2n) is 8.11. The minimum atomic E-state index is -3.31. The second kappa shape index (κ2) is 9.36. The van der Waals surface area contributed by atoms with E-state index in [-0.39, 0.29) is 11.4 Å². The van der Waals surface area contributed by atoms with Crippen LogP contribution in [0.5, 0.6) is 5.75 Å². The van der Waals surface area contributed by atoms with E-state index >= 15 is 0 Å². The summed E-state index contributed by atoms with van der Waals surface area (Å²) in [6.07, 6.45) is 10.7. The van der Waals surface area contributed by atoms with E-state index in [1.54, 1.807) is 19.2 Å². The second-order valence-corrected chi connectivity index (χ2v) is 10.1. The van der Waals surface area contributed by atoms with Crippen molar-refractivity contribution in [2.75, 3.05) is 13.4 Å². The van der Waals surface area contributed by atoms with Crippen molar-refractivity contribution in [3.63, 3.8) is 0 Å². The summed E-state index contributed by atoms with van der Waals surface area (Å²) < 4.78 is 41.5. The van der Waals surface area contributed by atoms with Crippen LogP contribution in [0.4, 0.5) is 0 Å². The number of pyridine rings is 1. The lowest BCUT2D eigenvalue weighted by Crippen LogP contribution is -2.15. The predicted octanol–water partition coefficient (Wildman–Crippen LogP) is 4.12. The summed E-state index contributed by atoms with van der Waals surface area (Å²) in [6.45, 7) is 3.89. The van der Waals surface area contributed by atoms with Gasteiger partial charge in [-0.25, -0.2) is 13.2 Å². The predicted molar refractivity (Wildman–Crippen MR) is 136 cm³/mol. The molecule has 9 nitrogen and oxygen atoms in total. The van der Waals surface area contributed by atoms with Gasteiger partial charge in [0, 0.05) is 17.2 Å². The molecule has 0 atom stereocenters. The zero-order valence-corrected chi connectivity index (χ0v) is 20.9. The molecule has 0 bridgehead atoms. The van der Waals surface area contributed by atoms with Gasteiger partial charge in [-0.15, -0.1) is 12.8 Å². The molecular weight excluding hydrogens is 482 g/mol. The van der Waals surface area contributed by atoms with Gasteiger partial charge in [-0.1, -0.05) is 17.3 Å². The number of benzene rings is 2. The molecular formula is C26H23N3O6S. The van der Waals surface area contributed by atoms with Crippen LogP contribution in [0.25, 0.3) is 33.1 Å². The average Bonchev–Trinajstić information content (AvgIpc) is 3.36. The Morgan fingerprint density at radius 3 is 2.39 bits per heavy atom. The number of aryl methyl sites for hydroxylation is 2. The van der Waals surface area contributed by atoms with Gasteiger partial charge in [0.1, 0.15) is 17.0 Å². The van der Waals surface area contributed by atoms with Crippen molar-refractivity contribution in [1.29, 1.82) is 0 Å². The zero-order chi connectivity index (χ0) is 26.2. The van der Waals surface area contributed by atoms with E-state index in [2.05, 4.69) is 23.0 Å². The smallest absolute Gasteiger partial charge is 0.420 e. The average molecular weight is 506 g/mol. The monoisotopic (exact) mass is 505 g/mol. The fourth-order valence-corrected chi connectivity index (χ4v) is 4.81. The molecule has 0 spiro atoms. The normalized spacial score (nSPS) is 11.4. The van der Waals surface area contributed by atoms with Crippen molar-refractivity contribution in [1.82, 2.24) is 14.7 Å². The summed E-state index contributed by atoms with van der Waals surface area (Å²) in [7, 11) is -1.74. The molecule has 5 aromatic rings. The van der Waals surface area contributed by atoms with Crippen LogP contribution in [0.1, 0.15) is 17.0 Å². The molecule has 0 radical (unpaired) electrons. The standard InChI is InChI=1S/C24H21N3O6S.C2H2/c1-13-22(14(2)33-26-13)18-9-19-17(10-20(18)31-3)23-21(11-25-19)32-24(28)27(23)12-15-5-7-16(8-6-15)34(4,29)30;1-2/h5-11H,12H2,1-4H3;1-2H. The molecule has 0 N–H and O–H groups in total. The largest absolute Gasteiger partial charge is 0.496 e. The van der Waals surface area contributed by atoms with Crippen LogP contribution in [-0.2, 0) is 16.4 Å². The van der Waals surface area contributed by atoms with E-state index in [1.165, 1.54) is 22.9 Å². The third-order valence-electron chi connectivity index (χ3n) is 5.81. The third-order valence-corrected chi connectivity index (χ3v) is 6.94. The highest BCUT2D eigenvalue weighted by molar-refractivity contribution is 7.90. The van der Waals surface area contributed by atoms with Gasteiger partial charge in [-0.3, -0.25) is 9.55 Å². The molecule has 0 saturated carbocycles. The molecule has 5 rings (SSSR count). The van der Waals surface area contributed by atoms with E-state index in [4.69, 9.17) is 13.7 Å². The number of hydrogen-bond donors (Lipinski definition) is 0. The molecule has 3 aromatic heterocycles. The fourth-order valence-electron chi connectivity index (χ4n) is 4.18. The molecule has 0 fully saturated rings. The van der Waals surface area contributed by atoms with Gasteiger partial charge in [0.15, 0.2) is 15.4 Å². The lowest BCUT2D eigenvalue weighted by molar-refractivity contribution is 0.393. The van der Waals surface area contributed by atoms with Crippen molar-refractivity contribution < 1.29 is 22.1 Å². The van der Waals surface area contributed by atoms with Crippen LogP contribution in [-0.4, -0.2) is 36.5 Å². The first-order valence-corrected chi connectivity index (χ1v) is 12.6. The first-order chi connectivity index (χ1) is 17.2. The highest BCUT2D eigenvalue weighted by atomic mass is 32.2. The lowest BCUT2D eigenvalue weighted by atomic mass is 10.0. The number of oxazole rings is 1. The maximum absolute atomic E-state index is 12.7. The molecule has 0 amide bonds. The van der Waals surface area contributed by atoms with Gasteiger partial charge in [0.25, 0.3) is 0 Å². The molecule has 0 aliphatic carbocycles. The maximum atomic E-state index is 12.7. The molecule has 0 unspecified atom stereocenters. The Balaban J connectivity index is 0.00000148. The summed E-state index contributed by atoms with van der Waals surface area (Å²) in [5.41, 5.74) is 4.66. The molecule has 184 valence electrons. The van der Waals surface area contributed by atoms with Crippen LogP contribution in [0.2, 0.25) is 0 Å². The summed E-state index contributed by atoms with van der Waals surface area (Å²) in [4.78, 5) is 17.4. The van der Waals surface area contributed by atoms with Crippen LogP contribution >= 0.6 is 0 Å².